The molecule has 2 N–H and O–H groups in total. The fourth-order valence-electron chi connectivity index (χ4n) is 2.72. The predicted molar refractivity (Wildman–Crippen MR) is 81.1 cm³/mol. The molecule has 0 aromatic heterocycles. The fraction of sp³-hybridized carbons (Fsp3) is 0.562. The van der Waals surface area contributed by atoms with E-state index in [1.54, 1.807) is 0 Å². The van der Waals surface area contributed by atoms with Crippen LogP contribution in [-0.2, 0) is 0 Å². The molecule has 1 atom stereocenters. The maximum absolute atomic E-state index is 12.0. The molecule has 1 unspecified atom stereocenters. The average Bonchev–Trinajstić information content (AvgIpc) is 2.98. The first-order chi connectivity index (χ1) is 9.58. The maximum atomic E-state index is 12.0. The molecule has 1 fully saturated rings. The number of carbonyl (C=O) groups excluding carboxylic acids is 1. The summed E-state index contributed by atoms with van der Waals surface area (Å²) in [4.78, 5) is 14.0. The molecule has 0 radical (unpaired) electrons. The summed E-state index contributed by atoms with van der Waals surface area (Å²) in [7, 11) is 3.93. The minimum atomic E-state index is -0.414. The molecule has 1 aliphatic rings. The zero-order valence-corrected chi connectivity index (χ0v) is 12.3. The molecular formula is C16H24N2O2. The van der Waals surface area contributed by atoms with E-state index in [4.69, 9.17) is 0 Å². The van der Waals surface area contributed by atoms with Crippen LogP contribution in [0.1, 0.15) is 36.0 Å². The molecule has 1 aromatic rings. The Morgan fingerprint density at radius 3 is 2.45 bits per heavy atom. The normalized spacial score (nSPS) is 16.9. The van der Waals surface area contributed by atoms with Gasteiger partial charge in [-0.3, -0.25) is 4.79 Å². The quantitative estimate of drug-likeness (QED) is 0.865. The van der Waals surface area contributed by atoms with Crippen molar-refractivity contribution in [1.82, 2.24) is 5.32 Å². The van der Waals surface area contributed by atoms with Crippen LogP contribution in [0, 0.1) is 5.92 Å². The minimum Gasteiger partial charge on any atom is -0.391 e. The molecule has 1 saturated carbocycles. The summed E-state index contributed by atoms with van der Waals surface area (Å²) in [6.07, 6.45) is 4.13. The highest BCUT2D eigenvalue weighted by molar-refractivity contribution is 5.94. The van der Waals surface area contributed by atoms with Crippen LogP contribution in [0.15, 0.2) is 24.3 Å². The average molecular weight is 276 g/mol. The van der Waals surface area contributed by atoms with Gasteiger partial charge in [-0.15, -0.1) is 0 Å². The van der Waals surface area contributed by atoms with E-state index in [9.17, 15) is 9.90 Å². The van der Waals surface area contributed by atoms with Gasteiger partial charge in [0.25, 0.3) is 5.91 Å². The van der Waals surface area contributed by atoms with Gasteiger partial charge in [0.15, 0.2) is 0 Å². The Morgan fingerprint density at radius 2 is 1.90 bits per heavy atom. The third kappa shape index (κ3) is 3.73. The molecule has 110 valence electrons. The van der Waals surface area contributed by atoms with Crippen LogP contribution >= 0.6 is 0 Å². The topological polar surface area (TPSA) is 52.6 Å². The number of nitrogens with zero attached hydrogens (tertiary/aromatic N) is 1. The van der Waals surface area contributed by atoms with E-state index in [-0.39, 0.29) is 5.91 Å². The van der Waals surface area contributed by atoms with Gasteiger partial charge in [0.05, 0.1) is 6.10 Å². The van der Waals surface area contributed by atoms with Crippen molar-refractivity contribution in [2.24, 2.45) is 5.92 Å². The molecule has 0 heterocycles. The zero-order chi connectivity index (χ0) is 14.5. The van der Waals surface area contributed by atoms with E-state index >= 15 is 0 Å². The summed E-state index contributed by atoms with van der Waals surface area (Å²) in [6, 6.07) is 7.46. The van der Waals surface area contributed by atoms with E-state index in [1.807, 2.05) is 43.3 Å². The first-order valence-corrected chi connectivity index (χ1v) is 7.31. The number of nitrogens with one attached hydrogen (secondary N) is 1. The van der Waals surface area contributed by atoms with Gasteiger partial charge >= 0.3 is 0 Å². The molecule has 2 rings (SSSR count). The smallest absolute Gasteiger partial charge is 0.251 e. The molecule has 0 spiro atoms. The summed E-state index contributed by atoms with van der Waals surface area (Å²) in [5.41, 5.74) is 1.70. The van der Waals surface area contributed by atoms with Crippen molar-refractivity contribution in [1.29, 1.82) is 0 Å². The Balaban J connectivity index is 1.84. The number of aliphatic hydroxyl groups is 1. The van der Waals surface area contributed by atoms with Crippen molar-refractivity contribution in [3.8, 4) is 0 Å². The first-order valence-electron chi connectivity index (χ1n) is 7.31. The Hall–Kier alpha value is -1.55. The van der Waals surface area contributed by atoms with Gasteiger partial charge in [-0.2, -0.15) is 0 Å². The number of carbonyl (C=O) groups is 1. The van der Waals surface area contributed by atoms with Gasteiger partial charge in [-0.1, -0.05) is 12.8 Å². The molecule has 0 bridgehead atoms. The minimum absolute atomic E-state index is 0.118. The number of anilines is 1. The summed E-state index contributed by atoms with van der Waals surface area (Å²) in [5.74, 6) is 0.235. The molecule has 20 heavy (non-hydrogen) atoms. The van der Waals surface area contributed by atoms with Crippen LogP contribution in [-0.4, -0.2) is 37.8 Å². The van der Waals surface area contributed by atoms with Crippen LogP contribution in [0.25, 0.3) is 0 Å². The number of hydrogen-bond acceptors (Lipinski definition) is 3. The standard InChI is InChI=1S/C16H24N2O2/c1-18(2)14-9-7-13(8-10-14)16(20)17-11-15(19)12-5-3-4-6-12/h7-10,12,15,19H,3-6,11H2,1-2H3,(H,17,20). The molecule has 4 heteroatoms. The highest BCUT2D eigenvalue weighted by Crippen LogP contribution is 2.27. The Bertz CT molecular complexity index is 436. The Labute approximate surface area is 120 Å². The lowest BCUT2D eigenvalue weighted by molar-refractivity contribution is 0.0840. The predicted octanol–water partition coefficient (Wildman–Crippen LogP) is 2.03. The number of aliphatic hydroxyl groups excluding tert-OH is 1. The maximum Gasteiger partial charge on any atom is 0.251 e. The van der Waals surface area contributed by atoms with E-state index in [1.165, 1.54) is 12.8 Å². The third-order valence-corrected chi connectivity index (χ3v) is 4.06. The summed E-state index contributed by atoms with van der Waals surface area (Å²) >= 11 is 0. The second kappa shape index (κ2) is 6.75. The lowest BCUT2D eigenvalue weighted by atomic mass is 10.0. The number of amides is 1. The summed E-state index contributed by atoms with van der Waals surface area (Å²) in [6.45, 7) is 0.346. The number of benzene rings is 1. The second-order valence-corrected chi connectivity index (χ2v) is 5.76. The van der Waals surface area contributed by atoms with Crippen molar-refractivity contribution in [3.05, 3.63) is 29.8 Å². The van der Waals surface area contributed by atoms with Gasteiger partial charge in [0.2, 0.25) is 0 Å². The van der Waals surface area contributed by atoms with Crippen LogP contribution in [0.4, 0.5) is 5.69 Å². The largest absolute Gasteiger partial charge is 0.391 e. The van der Waals surface area contributed by atoms with E-state index < -0.39 is 6.10 Å². The van der Waals surface area contributed by atoms with Gasteiger partial charge < -0.3 is 15.3 Å². The van der Waals surface area contributed by atoms with E-state index in [0.29, 0.717) is 18.0 Å². The fourth-order valence-corrected chi connectivity index (χ4v) is 2.72. The number of hydrogen-bond donors (Lipinski definition) is 2. The molecule has 1 aliphatic carbocycles. The third-order valence-electron chi connectivity index (χ3n) is 4.06. The Kier molecular flexibility index (Phi) is 5.01. The number of rotatable bonds is 5. The van der Waals surface area contributed by atoms with Crippen molar-refractivity contribution >= 4 is 11.6 Å². The van der Waals surface area contributed by atoms with Crippen LogP contribution in [0.5, 0.6) is 0 Å². The van der Waals surface area contributed by atoms with Crippen molar-refractivity contribution < 1.29 is 9.90 Å². The molecule has 1 amide bonds. The highest BCUT2D eigenvalue weighted by atomic mass is 16.3. The molecule has 1 aromatic carbocycles. The van der Waals surface area contributed by atoms with Gasteiger partial charge in [-0.25, -0.2) is 0 Å². The molecular weight excluding hydrogens is 252 g/mol. The summed E-state index contributed by atoms with van der Waals surface area (Å²) in [5, 5.41) is 12.9. The van der Waals surface area contributed by atoms with Crippen LogP contribution < -0.4 is 10.2 Å². The second-order valence-electron chi connectivity index (χ2n) is 5.76. The first kappa shape index (κ1) is 14.9. The lowest BCUT2D eigenvalue weighted by Crippen LogP contribution is -2.35. The van der Waals surface area contributed by atoms with Crippen molar-refractivity contribution in [2.75, 3.05) is 25.5 Å². The van der Waals surface area contributed by atoms with Gasteiger partial charge in [0.1, 0.15) is 0 Å². The van der Waals surface area contributed by atoms with E-state index in [2.05, 4.69) is 5.32 Å². The molecule has 0 saturated heterocycles. The SMILES string of the molecule is CN(C)c1ccc(C(=O)NCC(O)C2CCCC2)cc1. The van der Waals surface area contributed by atoms with Crippen LogP contribution in [0.3, 0.4) is 0 Å². The van der Waals surface area contributed by atoms with Crippen LogP contribution in [0.2, 0.25) is 0 Å². The van der Waals surface area contributed by atoms with Gasteiger partial charge in [-0.05, 0) is 43.0 Å². The van der Waals surface area contributed by atoms with Gasteiger partial charge in [0, 0.05) is 31.9 Å². The van der Waals surface area contributed by atoms with E-state index in [0.717, 1.165) is 18.5 Å². The van der Waals surface area contributed by atoms with Crippen molar-refractivity contribution in [3.63, 3.8) is 0 Å². The lowest BCUT2D eigenvalue weighted by Gasteiger charge is -2.18. The summed E-state index contributed by atoms with van der Waals surface area (Å²) < 4.78 is 0. The zero-order valence-electron chi connectivity index (χ0n) is 12.3. The molecule has 0 aliphatic heterocycles. The Morgan fingerprint density at radius 1 is 1.30 bits per heavy atom. The van der Waals surface area contributed by atoms with Crippen molar-refractivity contribution in [2.45, 2.75) is 31.8 Å². The monoisotopic (exact) mass is 276 g/mol. The molecule has 4 nitrogen and oxygen atoms in total. The highest BCUT2D eigenvalue weighted by Gasteiger charge is 2.23.